The molecule has 0 saturated heterocycles. The highest BCUT2D eigenvalue weighted by Crippen LogP contribution is 2.39. The number of benzene rings is 1. The largest absolute Gasteiger partial charge is 0.350 e. The van der Waals surface area contributed by atoms with Crippen molar-refractivity contribution in [2.24, 2.45) is 11.7 Å². The van der Waals surface area contributed by atoms with Crippen molar-refractivity contribution < 1.29 is 0 Å². The first-order chi connectivity index (χ1) is 9.26. The third-order valence-corrected chi connectivity index (χ3v) is 3.71. The molecule has 0 amide bonds. The molecule has 1 fully saturated rings. The number of nitriles is 1. The first-order valence-corrected chi connectivity index (χ1v) is 6.66. The molecule has 1 unspecified atom stereocenters. The molecule has 2 N–H and O–H groups in total. The molecule has 0 bridgehead atoms. The Balaban J connectivity index is 1.74. The van der Waals surface area contributed by atoms with Crippen molar-refractivity contribution in [3.63, 3.8) is 0 Å². The van der Waals surface area contributed by atoms with Gasteiger partial charge in [-0.1, -0.05) is 12.1 Å². The van der Waals surface area contributed by atoms with Crippen LogP contribution in [0.5, 0.6) is 0 Å². The Morgan fingerprint density at radius 2 is 2.21 bits per heavy atom. The standard InChI is InChI=1S/C16H17N3/c17-9-12-2-1-3-13(8-12)10-19-7-6-15(11-19)16(18)14-4-5-14/h1-3,6-8,11,14,16H,4-5,10,18H2. The zero-order chi connectivity index (χ0) is 13.2. The van der Waals surface area contributed by atoms with Gasteiger partial charge in [-0.15, -0.1) is 0 Å². The normalized spacial score (nSPS) is 16.0. The van der Waals surface area contributed by atoms with Gasteiger partial charge in [-0.2, -0.15) is 5.26 Å². The number of nitrogens with zero attached hydrogens (tertiary/aromatic N) is 2. The maximum absolute atomic E-state index is 8.90. The maximum Gasteiger partial charge on any atom is 0.0991 e. The number of hydrogen-bond acceptors (Lipinski definition) is 2. The predicted molar refractivity (Wildman–Crippen MR) is 74.3 cm³/mol. The van der Waals surface area contributed by atoms with Gasteiger partial charge < -0.3 is 10.3 Å². The average Bonchev–Trinajstić information content (AvgIpc) is 3.19. The minimum Gasteiger partial charge on any atom is -0.350 e. The Morgan fingerprint density at radius 1 is 1.37 bits per heavy atom. The Bertz CT molecular complexity index is 617. The van der Waals surface area contributed by atoms with E-state index in [2.05, 4.69) is 29.1 Å². The quantitative estimate of drug-likeness (QED) is 0.908. The highest BCUT2D eigenvalue weighted by molar-refractivity contribution is 5.33. The number of aromatic nitrogens is 1. The first kappa shape index (κ1) is 12.0. The molecule has 96 valence electrons. The highest BCUT2D eigenvalue weighted by atomic mass is 14.9. The summed E-state index contributed by atoms with van der Waals surface area (Å²) in [5.41, 5.74) is 9.27. The van der Waals surface area contributed by atoms with Crippen molar-refractivity contribution in [3.8, 4) is 6.07 Å². The Hall–Kier alpha value is -2.05. The van der Waals surface area contributed by atoms with Crippen LogP contribution >= 0.6 is 0 Å². The van der Waals surface area contributed by atoms with E-state index in [1.807, 2.05) is 24.3 Å². The molecule has 1 saturated carbocycles. The molecule has 3 nitrogen and oxygen atoms in total. The second-order valence-electron chi connectivity index (χ2n) is 5.29. The van der Waals surface area contributed by atoms with Gasteiger partial charge >= 0.3 is 0 Å². The van der Waals surface area contributed by atoms with Crippen LogP contribution in [0.2, 0.25) is 0 Å². The molecular formula is C16H17N3. The Kier molecular flexibility index (Phi) is 3.10. The van der Waals surface area contributed by atoms with Crippen molar-refractivity contribution in [2.75, 3.05) is 0 Å². The van der Waals surface area contributed by atoms with Gasteiger partial charge in [0, 0.05) is 25.0 Å². The molecule has 1 aromatic carbocycles. The fraction of sp³-hybridized carbons (Fsp3) is 0.312. The highest BCUT2D eigenvalue weighted by Gasteiger charge is 2.29. The molecule has 3 heteroatoms. The second kappa shape index (κ2) is 4.91. The molecule has 1 aliphatic rings. The van der Waals surface area contributed by atoms with Gasteiger partial charge in [-0.05, 0) is 48.1 Å². The molecule has 3 rings (SSSR count). The molecule has 1 heterocycles. The van der Waals surface area contributed by atoms with Crippen LogP contribution in [-0.4, -0.2) is 4.57 Å². The summed E-state index contributed by atoms with van der Waals surface area (Å²) in [6.45, 7) is 0.785. The lowest BCUT2D eigenvalue weighted by Gasteiger charge is -2.07. The van der Waals surface area contributed by atoms with Crippen LogP contribution in [0.4, 0.5) is 0 Å². The third-order valence-electron chi connectivity index (χ3n) is 3.71. The van der Waals surface area contributed by atoms with E-state index in [4.69, 9.17) is 11.0 Å². The minimum atomic E-state index is 0.187. The van der Waals surface area contributed by atoms with Crippen molar-refractivity contribution >= 4 is 0 Å². The lowest BCUT2D eigenvalue weighted by Crippen LogP contribution is -2.11. The predicted octanol–water partition coefficient (Wildman–Crippen LogP) is 2.82. The average molecular weight is 251 g/mol. The van der Waals surface area contributed by atoms with Crippen LogP contribution in [0.15, 0.2) is 42.7 Å². The van der Waals surface area contributed by atoms with Crippen LogP contribution in [-0.2, 0) is 6.54 Å². The molecular weight excluding hydrogens is 234 g/mol. The van der Waals surface area contributed by atoms with Crippen molar-refractivity contribution in [3.05, 3.63) is 59.4 Å². The molecule has 2 aromatic rings. The van der Waals surface area contributed by atoms with Crippen molar-refractivity contribution in [2.45, 2.75) is 25.4 Å². The smallest absolute Gasteiger partial charge is 0.0991 e. The maximum atomic E-state index is 8.90. The number of hydrogen-bond donors (Lipinski definition) is 1. The van der Waals surface area contributed by atoms with Gasteiger partial charge in [-0.3, -0.25) is 0 Å². The first-order valence-electron chi connectivity index (χ1n) is 6.66. The zero-order valence-electron chi connectivity index (χ0n) is 10.8. The van der Waals surface area contributed by atoms with Crippen LogP contribution in [0.1, 0.15) is 35.6 Å². The van der Waals surface area contributed by atoms with Crippen LogP contribution in [0.25, 0.3) is 0 Å². The van der Waals surface area contributed by atoms with Crippen LogP contribution in [0.3, 0.4) is 0 Å². The SMILES string of the molecule is N#Cc1cccc(Cn2ccc(C(N)C3CC3)c2)c1. The summed E-state index contributed by atoms with van der Waals surface area (Å²) in [6.07, 6.45) is 6.71. The van der Waals surface area contributed by atoms with Gasteiger partial charge in [0.2, 0.25) is 0 Å². The van der Waals surface area contributed by atoms with E-state index < -0.39 is 0 Å². The molecule has 1 atom stereocenters. The van der Waals surface area contributed by atoms with Gasteiger partial charge in [-0.25, -0.2) is 0 Å². The van der Waals surface area contributed by atoms with E-state index >= 15 is 0 Å². The Labute approximate surface area is 113 Å². The fourth-order valence-corrected chi connectivity index (χ4v) is 2.43. The van der Waals surface area contributed by atoms with Gasteiger partial charge in [0.25, 0.3) is 0 Å². The monoisotopic (exact) mass is 251 g/mol. The summed E-state index contributed by atoms with van der Waals surface area (Å²) < 4.78 is 2.13. The van der Waals surface area contributed by atoms with E-state index in [0.717, 1.165) is 12.1 Å². The lowest BCUT2D eigenvalue weighted by molar-refractivity contribution is 0.631. The van der Waals surface area contributed by atoms with E-state index in [0.29, 0.717) is 11.5 Å². The van der Waals surface area contributed by atoms with Crippen LogP contribution in [0, 0.1) is 17.2 Å². The van der Waals surface area contributed by atoms with Gasteiger partial charge in [0.1, 0.15) is 0 Å². The topological polar surface area (TPSA) is 54.7 Å². The fourth-order valence-electron chi connectivity index (χ4n) is 2.43. The van der Waals surface area contributed by atoms with E-state index in [1.165, 1.54) is 18.4 Å². The molecule has 1 aliphatic carbocycles. The zero-order valence-corrected chi connectivity index (χ0v) is 10.8. The molecule has 0 radical (unpaired) electrons. The summed E-state index contributed by atoms with van der Waals surface area (Å²) in [5, 5.41) is 8.90. The molecule has 19 heavy (non-hydrogen) atoms. The van der Waals surface area contributed by atoms with E-state index in [-0.39, 0.29) is 6.04 Å². The lowest BCUT2D eigenvalue weighted by atomic mass is 10.1. The molecule has 1 aromatic heterocycles. The van der Waals surface area contributed by atoms with Crippen molar-refractivity contribution in [1.29, 1.82) is 5.26 Å². The summed E-state index contributed by atoms with van der Waals surface area (Å²) in [5.74, 6) is 0.678. The van der Waals surface area contributed by atoms with Gasteiger partial charge in [0.05, 0.1) is 11.6 Å². The second-order valence-corrected chi connectivity index (χ2v) is 5.29. The van der Waals surface area contributed by atoms with Crippen LogP contribution < -0.4 is 5.73 Å². The molecule has 0 aliphatic heterocycles. The number of rotatable bonds is 4. The van der Waals surface area contributed by atoms with Gasteiger partial charge in [0.15, 0.2) is 0 Å². The summed E-state index contributed by atoms with van der Waals surface area (Å²) in [6, 6.07) is 12.2. The summed E-state index contributed by atoms with van der Waals surface area (Å²) in [4.78, 5) is 0. The number of nitrogens with two attached hydrogens (primary N) is 1. The minimum absolute atomic E-state index is 0.187. The Morgan fingerprint density at radius 3 is 2.95 bits per heavy atom. The summed E-state index contributed by atoms with van der Waals surface area (Å²) >= 11 is 0. The van der Waals surface area contributed by atoms with Crippen molar-refractivity contribution in [1.82, 2.24) is 4.57 Å². The third kappa shape index (κ3) is 2.69. The molecule has 0 spiro atoms. The van der Waals surface area contributed by atoms with E-state index in [9.17, 15) is 0 Å². The summed E-state index contributed by atoms with van der Waals surface area (Å²) in [7, 11) is 0. The van der Waals surface area contributed by atoms with E-state index in [1.54, 1.807) is 0 Å².